The summed E-state index contributed by atoms with van der Waals surface area (Å²) in [6.07, 6.45) is 0.337. The molecule has 0 spiro atoms. The maximum Gasteiger partial charge on any atom is 0.307 e. The molecule has 0 saturated carbocycles. The number of esters is 2. The van der Waals surface area contributed by atoms with E-state index in [2.05, 4.69) is 0 Å². The number of hydrogen-bond acceptors (Lipinski definition) is 8. The minimum Gasteiger partial charge on any atom is -0.461 e. The number of ether oxygens (including phenoxy) is 2. The molecular weight excluding hydrogens is 428 g/mol. The first-order chi connectivity index (χ1) is 14.5. The lowest BCUT2D eigenvalue weighted by Gasteiger charge is -2.14. The van der Waals surface area contributed by atoms with Crippen LogP contribution in [0.1, 0.15) is 24.0 Å². The van der Waals surface area contributed by atoms with Crippen LogP contribution in [0.4, 0.5) is 9.59 Å². The van der Waals surface area contributed by atoms with E-state index in [9.17, 15) is 19.2 Å². The van der Waals surface area contributed by atoms with E-state index in [1.807, 2.05) is 24.3 Å². The molecule has 1 aromatic rings. The van der Waals surface area contributed by atoms with E-state index in [1.165, 1.54) is 23.5 Å². The van der Waals surface area contributed by atoms with Gasteiger partial charge in [0.1, 0.15) is 13.2 Å². The van der Waals surface area contributed by atoms with E-state index >= 15 is 0 Å². The Kier molecular flexibility index (Phi) is 8.44. The van der Waals surface area contributed by atoms with Crippen LogP contribution in [0.3, 0.4) is 0 Å². The Hall–Kier alpha value is -2.20. The molecule has 0 N–H and O–H groups in total. The molecule has 8 nitrogen and oxygen atoms in total. The minimum atomic E-state index is -0.355. The molecule has 2 heterocycles. The van der Waals surface area contributed by atoms with Crippen LogP contribution in [0.25, 0.3) is 0 Å². The smallest absolute Gasteiger partial charge is 0.307 e. The zero-order valence-corrected chi connectivity index (χ0v) is 18.2. The van der Waals surface area contributed by atoms with Gasteiger partial charge in [-0.25, -0.2) is 0 Å². The van der Waals surface area contributed by atoms with Gasteiger partial charge in [0.2, 0.25) is 0 Å². The molecular formula is C20H24N2O6S2. The van der Waals surface area contributed by atoms with E-state index in [4.69, 9.17) is 9.47 Å². The largest absolute Gasteiger partial charge is 0.461 e. The highest BCUT2D eigenvalue weighted by atomic mass is 32.2. The lowest BCUT2D eigenvalue weighted by Crippen LogP contribution is -2.26. The van der Waals surface area contributed by atoms with Gasteiger partial charge in [-0.15, -0.1) is 0 Å². The summed E-state index contributed by atoms with van der Waals surface area (Å²) in [5.41, 5.74) is 1.59. The van der Waals surface area contributed by atoms with Gasteiger partial charge in [0.05, 0.1) is 12.8 Å². The van der Waals surface area contributed by atoms with Crippen LogP contribution in [0.2, 0.25) is 0 Å². The summed E-state index contributed by atoms with van der Waals surface area (Å²) in [5.74, 6) is 0.818. The van der Waals surface area contributed by atoms with E-state index in [0.717, 1.165) is 22.6 Å². The Morgan fingerprint density at radius 2 is 1.30 bits per heavy atom. The van der Waals surface area contributed by atoms with Crippen molar-refractivity contribution in [2.75, 3.05) is 37.7 Å². The third kappa shape index (κ3) is 6.94. The van der Waals surface area contributed by atoms with Gasteiger partial charge in [-0.2, -0.15) is 0 Å². The Morgan fingerprint density at radius 3 is 1.70 bits per heavy atom. The van der Waals surface area contributed by atoms with E-state index < -0.39 is 0 Å². The van der Waals surface area contributed by atoms with Gasteiger partial charge in [-0.3, -0.25) is 19.2 Å². The quantitative estimate of drug-likeness (QED) is 0.500. The van der Waals surface area contributed by atoms with E-state index in [1.54, 1.807) is 9.80 Å². The van der Waals surface area contributed by atoms with Gasteiger partial charge >= 0.3 is 11.9 Å². The summed E-state index contributed by atoms with van der Waals surface area (Å²) in [6, 6.07) is 7.29. The predicted octanol–water partition coefficient (Wildman–Crippen LogP) is 2.89. The van der Waals surface area contributed by atoms with Crippen LogP contribution in [0, 0.1) is 0 Å². The summed E-state index contributed by atoms with van der Waals surface area (Å²) >= 11 is 2.53. The van der Waals surface area contributed by atoms with Crippen molar-refractivity contribution < 1.29 is 28.7 Å². The Labute approximate surface area is 183 Å². The topological polar surface area (TPSA) is 93.2 Å². The van der Waals surface area contributed by atoms with Crippen molar-refractivity contribution in [3.63, 3.8) is 0 Å². The monoisotopic (exact) mass is 452 g/mol. The molecule has 3 rings (SSSR count). The summed E-state index contributed by atoms with van der Waals surface area (Å²) in [6.45, 7) is 2.34. The van der Waals surface area contributed by atoms with Crippen LogP contribution >= 0.6 is 23.5 Å². The van der Waals surface area contributed by atoms with Gasteiger partial charge in [0.15, 0.2) is 0 Å². The van der Waals surface area contributed by atoms with Gasteiger partial charge in [-0.1, -0.05) is 41.7 Å². The van der Waals surface area contributed by atoms with E-state index in [-0.39, 0.29) is 48.5 Å². The molecule has 0 aliphatic carbocycles. The second-order valence-electron chi connectivity index (χ2n) is 6.84. The maximum atomic E-state index is 11.9. The van der Waals surface area contributed by atoms with Crippen molar-refractivity contribution in [1.82, 2.24) is 9.80 Å². The number of hydrogen-bond donors (Lipinski definition) is 0. The molecule has 162 valence electrons. The SMILES string of the molecule is O=C(CCN1CCSC1=O)OCc1cccc(COC(=O)CCN2CCSC2=O)c1. The van der Waals surface area contributed by atoms with Crippen molar-refractivity contribution in [2.24, 2.45) is 0 Å². The van der Waals surface area contributed by atoms with Crippen LogP contribution in [0.5, 0.6) is 0 Å². The molecule has 10 heteroatoms. The highest BCUT2D eigenvalue weighted by Gasteiger charge is 2.22. The standard InChI is InChI=1S/C20H24N2O6S2/c23-17(4-6-21-8-10-29-19(21)25)27-13-15-2-1-3-16(12-15)14-28-18(24)5-7-22-9-11-30-20(22)26/h1-3,12H,4-11,13-14H2. The van der Waals surface area contributed by atoms with E-state index in [0.29, 0.717) is 26.2 Å². The first kappa shape index (κ1) is 22.5. The molecule has 0 bridgehead atoms. The third-order valence-corrected chi connectivity index (χ3v) is 6.44. The van der Waals surface area contributed by atoms with Crippen LogP contribution in [0.15, 0.2) is 24.3 Å². The molecule has 0 radical (unpaired) electrons. The van der Waals surface area contributed by atoms with Gasteiger partial charge < -0.3 is 19.3 Å². The number of rotatable bonds is 10. The van der Waals surface area contributed by atoms with Crippen molar-refractivity contribution >= 4 is 45.9 Å². The fraction of sp³-hybridized carbons (Fsp3) is 0.500. The first-order valence-corrected chi connectivity index (χ1v) is 11.7. The molecule has 30 heavy (non-hydrogen) atoms. The van der Waals surface area contributed by atoms with Gasteiger partial charge in [-0.05, 0) is 17.2 Å². The molecule has 2 aliphatic rings. The van der Waals surface area contributed by atoms with Crippen LogP contribution in [-0.4, -0.2) is 69.9 Å². The maximum absolute atomic E-state index is 11.9. The predicted molar refractivity (Wildman–Crippen MR) is 114 cm³/mol. The molecule has 2 amide bonds. The third-order valence-electron chi connectivity index (χ3n) is 4.65. The average Bonchev–Trinajstić information content (AvgIpc) is 3.35. The molecule has 2 fully saturated rings. The second kappa shape index (κ2) is 11.3. The second-order valence-corrected chi connectivity index (χ2v) is 8.94. The molecule has 2 saturated heterocycles. The molecule has 0 unspecified atom stereocenters. The normalized spacial score (nSPS) is 16.3. The van der Waals surface area contributed by atoms with Crippen LogP contribution in [-0.2, 0) is 32.3 Å². The lowest BCUT2D eigenvalue weighted by molar-refractivity contribution is -0.145. The number of nitrogens with zero attached hydrogens (tertiary/aromatic N) is 2. The zero-order valence-electron chi connectivity index (χ0n) is 16.5. The van der Waals surface area contributed by atoms with Crippen molar-refractivity contribution in [3.05, 3.63) is 35.4 Å². The zero-order chi connectivity index (χ0) is 21.3. The summed E-state index contributed by atoms with van der Waals surface area (Å²) in [7, 11) is 0. The minimum absolute atomic E-state index is 0.0102. The van der Waals surface area contributed by atoms with Gasteiger partial charge in [0, 0.05) is 37.7 Å². The summed E-state index contributed by atoms with van der Waals surface area (Å²) in [4.78, 5) is 50.2. The molecule has 2 aliphatic heterocycles. The Balaban J connectivity index is 1.35. The highest BCUT2D eigenvalue weighted by Crippen LogP contribution is 2.18. The fourth-order valence-corrected chi connectivity index (χ4v) is 4.69. The fourth-order valence-electron chi connectivity index (χ4n) is 2.99. The number of carbonyl (C=O) groups is 4. The number of amides is 2. The Bertz CT molecular complexity index is 742. The van der Waals surface area contributed by atoms with Crippen LogP contribution < -0.4 is 0 Å². The van der Waals surface area contributed by atoms with Gasteiger partial charge in [0.25, 0.3) is 10.5 Å². The van der Waals surface area contributed by atoms with Crippen molar-refractivity contribution in [1.29, 1.82) is 0 Å². The lowest BCUT2D eigenvalue weighted by atomic mass is 10.1. The molecule has 0 aromatic heterocycles. The number of benzene rings is 1. The summed E-state index contributed by atoms with van der Waals surface area (Å²) in [5, 5.41) is 0.0203. The summed E-state index contributed by atoms with van der Waals surface area (Å²) < 4.78 is 10.6. The highest BCUT2D eigenvalue weighted by molar-refractivity contribution is 8.14. The number of carbonyl (C=O) groups excluding carboxylic acids is 4. The Morgan fingerprint density at radius 1 is 0.833 bits per heavy atom. The van der Waals surface area contributed by atoms with Crippen molar-refractivity contribution in [3.8, 4) is 0 Å². The number of thioether (sulfide) groups is 2. The molecule has 1 aromatic carbocycles. The average molecular weight is 453 g/mol. The molecule has 0 atom stereocenters. The van der Waals surface area contributed by atoms with Crippen molar-refractivity contribution in [2.45, 2.75) is 26.1 Å². The first-order valence-electron chi connectivity index (χ1n) is 9.74.